The van der Waals surface area contributed by atoms with Crippen molar-refractivity contribution in [3.05, 3.63) is 43.4 Å². The molecule has 1 aromatic heterocycles. The molecule has 0 unspecified atom stereocenters. The number of anilines is 1. The molecule has 0 saturated heterocycles. The summed E-state index contributed by atoms with van der Waals surface area (Å²) in [5.41, 5.74) is 0.104. The molecule has 0 aliphatic heterocycles. The van der Waals surface area contributed by atoms with Gasteiger partial charge in [-0.2, -0.15) is 0 Å². The standard InChI is InChI=1S/C10H5Br2ClFNO2S2/c11-6-3-5(14)4-7(13)10(6)15-19(16,17)9-2-1-8(12)18-9/h1-4,15H. The normalized spacial score (nSPS) is 11.6. The highest BCUT2D eigenvalue weighted by Gasteiger charge is 2.20. The summed E-state index contributed by atoms with van der Waals surface area (Å²) in [5.74, 6) is -0.557. The molecular formula is C10H5Br2ClFNO2S2. The van der Waals surface area contributed by atoms with Gasteiger partial charge in [0.15, 0.2) is 0 Å². The first kappa shape index (κ1) is 15.2. The molecule has 3 nitrogen and oxygen atoms in total. The smallest absolute Gasteiger partial charge is 0.271 e. The van der Waals surface area contributed by atoms with Crippen molar-refractivity contribution in [3.63, 3.8) is 0 Å². The van der Waals surface area contributed by atoms with E-state index < -0.39 is 15.8 Å². The average Bonchev–Trinajstić information content (AvgIpc) is 2.71. The third kappa shape index (κ3) is 3.49. The molecule has 0 spiro atoms. The fraction of sp³-hybridized carbons (Fsp3) is 0. The molecule has 9 heteroatoms. The Morgan fingerprint density at radius 1 is 1.26 bits per heavy atom. The van der Waals surface area contributed by atoms with E-state index in [-0.39, 0.29) is 19.4 Å². The molecule has 2 aromatic rings. The topological polar surface area (TPSA) is 46.2 Å². The molecule has 0 amide bonds. The molecule has 1 heterocycles. The van der Waals surface area contributed by atoms with Crippen molar-refractivity contribution in [3.8, 4) is 0 Å². The Kier molecular flexibility index (Phi) is 4.56. The van der Waals surface area contributed by atoms with Gasteiger partial charge < -0.3 is 0 Å². The summed E-state index contributed by atoms with van der Waals surface area (Å²) in [7, 11) is -3.75. The molecule has 19 heavy (non-hydrogen) atoms. The summed E-state index contributed by atoms with van der Waals surface area (Å²) in [6, 6.07) is 5.26. The van der Waals surface area contributed by atoms with Crippen LogP contribution >= 0.6 is 54.8 Å². The van der Waals surface area contributed by atoms with Gasteiger partial charge in [0.25, 0.3) is 10.0 Å². The van der Waals surface area contributed by atoms with Gasteiger partial charge in [-0.1, -0.05) is 11.6 Å². The van der Waals surface area contributed by atoms with Crippen LogP contribution in [0.4, 0.5) is 10.1 Å². The first-order valence-corrected chi connectivity index (χ1v) is 8.98. The molecule has 1 N–H and O–H groups in total. The lowest BCUT2D eigenvalue weighted by atomic mass is 10.3. The van der Waals surface area contributed by atoms with E-state index in [4.69, 9.17) is 11.6 Å². The second-order valence-electron chi connectivity index (χ2n) is 3.41. The van der Waals surface area contributed by atoms with Crippen molar-refractivity contribution in [1.29, 1.82) is 0 Å². The Hall–Kier alpha value is -0.150. The lowest BCUT2D eigenvalue weighted by molar-refractivity contribution is 0.603. The maximum atomic E-state index is 13.1. The summed E-state index contributed by atoms with van der Waals surface area (Å²) in [5, 5.41) is -0.0222. The maximum absolute atomic E-state index is 13.1. The number of rotatable bonds is 3. The molecular weight excluding hydrogens is 445 g/mol. The quantitative estimate of drug-likeness (QED) is 0.727. The van der Waals surface area contributed by atoms with Crippen LogP contribution in [0.1, 0.15) is 0 Å². The van der Waals surface area contributed by atoms with Gasteiger partial charge in [-0.15, -0.1) is 11.3 Å². The van der Waals surface area contributed by atoms with Crippen molar-refractivity contribution < 1.29 is 12.8 Å². The van der Waals surface area contributed by atoms with E-state index in [1.54, 1.807) is 6.07 Å². The van der Waals surface area contributed by atoms with Crippen LogP contribution in [0.25, 0.3) is 0 Å². The monoisotopic (exact) mass is 447 g/mol. The zero-order valence-electron chi connectivity index (χ0n) is 8.95. The third-order valence-electron chi connectivity index (χ3n) is 2.06. The van der Waals surface area contributed by atoms with E-state index in [9.17, 15) is 12.8 Å². The Morgan fingerprint density at radius 3 is 2.47 bits per heavy atom. The minimum absolute atomic E-state index is 0.0222. The van der Waals surface area contributed by atoms with E-state index in [2.05, 4.69) is 36.6 Å². The van der Waals surface area contributed by atoms with E-state index in [0.29, 0.717) is 3.79 Å². The molecule has 2 rings (SSSR count). The van der Waals surface area contributed by atoms with Crippen LogP contribution in [-0.2, 0) is 10.0 Å². The predicted octanol–water partition coefficient (Wildman–Crippen LogP) is 4.87. The second kappa shape index (κ2) is 5.69. The van der Waals surface area contributed by atoms with E-state index >= 15 is 0 Å². The van der Waals surface area contributed by atoms with Gasteiger partial charge in [0.1, 0.15) is 10.0 Å². The van der Waals surface area contributed by atoms with Crippen molar-refractivity contribution in [2.75, 3.05) is 4.72 Å². The maximum Gasteiger partial charge on any atom is 0.271 e. The molecule has 0 aliphatic rings. The minimum atomic E-state index is -3.75. The van der Waals surface area contributed by atoms with Crippen molar-refractivity contribution in [1.82, 2.24) is 0 Å². The van der Waals surface area contributed by atoms with Crippen LogP contribution < -0.4 is 4.72 Å². The van der Waals surface area contributed by atoms with Gasteiger partial charge in [-0.3, -0.25) is 4.72 Å². The van der Waals surface area contributed by atoms with Crippen molar-refractivity contribution >= 4 is 70.5 Å². The van der Waals surface area contributed by atoms with Gasteiger partial charge in [0, 0.05) is 4.47 Å². The van der Waals surface area contributed by atoms with Crippen molar-refractivity contribution in [2.24, 2.45) is 0 Å². The van der Waals surface area contributed by atoms with Crippen molar-refractivity contribution in [2.45, 2.75) is 4.21 Å². The zero-order chi connectivity index (χ0) is 14.2. The highest BCUT2D eigenvalue weighted by molar-refractivity contribution is 9.11. The number of hydrogen-bond acceptors (Lipinski definition) is 3. The Labute approximate surface area is 135 Å². The Bertz CT molecular complexity index is 710. The van der Waals surface area contributed by atoms with E-state index in [1.165, 1.54) is 6.07 Å². The molecule has 0 fully saturated rings. The second-order valence-corrected chi connectivity index (χ2v) is 9.04. The summed E-state index contributed by atoms with van der Waals surface area (Å²) >= 11 is 13.2. The lowest BCUT2D eigenvalue weighted by Gasteiger charge is -2.10. The molecule has 0 atom stereocenters. The number of nitrogens with one attached hydrogen (secondary N) is 1. The predicted molar refractivity (Wildman–Crippen MR) is 81.9 cm³/mol. The Balaban J connectivity index is 2.41. The first-order chi connectivity index (χ1) is 8.79. The molecule has 0 aliphatic carbocycles. The van der Waals surface area contributed by atoms with Crippen LogP contribution in [-0.4, -0.2) is 8.42 Å². The number of benzene rings is 1. The molecule has 1 aromatic carbocycles. The fourth-order valence-electron chi connectivity index (χ4n) is 1.27. The fourth-order valence-corrected chi connectivity index (χ4v) is 5.46. The number of sulfonamides is 1. The summed E-state index contributed by atoms with van der Waals surface area (Å²) in [4.78, 5) is 0. The average molecular weight is 450 g/mol. The summed E-state index contributed by atoms with van der Waals surface area (Å²) in [6.45, 7) is 0. The third-order valence-corrected chi connectivity index (χ3v) is 6.45. The number of thiophene rings is 1. The van der Waals surface area contributed by atoms with Gasteiger partial charge in [-0.05, 0) is 56.1 Å². The van der Waals surface area contributed by atoms with Gasteiger partial charge >= 0.3 is 0 Å². The lowest BCUT2D eigenvalue weighted by Crippen LogP contribution is -2.12. The first-order valence-electron chi connectivity index (χ1n) is 4.72. The number of hydrogen-bond donors (Lipinski definition) is 1. The molecule has 0 bridgehead atoms. The largest absolute Gasteiger partial charge is 0.276 e. The van der Waals surface area contributed by atoms with E-state index in [1.807, 2.05) is 0 Å². The highest BCUT2D eigenvalue weighted by Crippen LogP contribution is 2.35. The highest BCUT2D eigenvalue weighted by atomic mass is 79.9. The van der Waals surface area contributed by atoms with E-state index in [0.717, 1.165) is 23.5 Å². The Morgan fingerprint density at radius 2 is 1.95 bits per heavy atom. The SMILES string of the molecule is O=S(=O)(Nc1c(Cl)cc(F)cc1Br)c1ccc(Br)s1. The summed E-state index contributed by atoms with van der Waals surface area (Å²) < 4.78 is 40.7. The molecule has 102 valence electrons. The van der Waals surface area contributed by atoms with Gasteiger partial charge in [0.05, 0.1) is 14.5 Å². The van der Waals surface area contributed by atoms with Crippen LogP contribution in [0, 0.1) is 5.82 Å². The van der Waals surface area contributed by atoms with Crippen LogP contribution in [0.5, 0.6) is 0 Å². The molecule has 0 radical (unpaired) electrons. The van der Waals surface area contributed by atoms with Crippen LogP contribution in [0.15, 0.2) is 36.7 Å². The zero-order valence-corrected chi connectivity index (χ0v) is 14.5. The summed E-state index contributed by atoms with van der Waals surface area (Å²) in [6.07, 6.45) is 0. The molecule has 0 saturated carbocycles. The van der Waals surface area contributed by atoms with Crippen LogP contribution in [0.3, 0.4) is 0 Å². The van der Waals surface area contributed by atoms with Gasteiger partial charge in [0.2, 0.25) is 0 Å². The van der Waals surface area contributed by atoms with Crippen LogP contribution in [0.2, 0.25) is 5.02 Å². The van der Waals surface area contributed by atoms with Gasteiger partial charge in [-0.25, -0.2) is 12.8 Å². The minimum Gasteiger partial charge on any atom is -0.276 e. The number of halogens is 4.